The minimum Gasteiger partial charge on any atom is -0.487 e. The zero-order valence-electron chi connectivity index (χ0n) is 18.5. The minimum absolute atomic E-state index is 0.190. The summed E-state index contributed by atoms with van der Waals surface area (Å²) in [5, 5.41) is 3.37. The van der Waals surface area contributed by atoms with E-state index in [-0.39, 0.29) is 17.2 Å². The molecule has 4 amide bonds. The van der Waals surface area contributed by atoms with Crippen molar-refractivity contribution in [1.29, 1.82) is 0 Å². The Morgan fingerprint density at radius 3 is 2.23 bits per heavy atom. The number of aryl methyl sites for hydroxylation is 1. The van der Waals surface area contributed by atoms with Gasteiger partial charge in [0.2, 0.25) is 0 Å². The van der Waals surface area contributed by atoms with E-state index in [1.165, 1.54) is 6.08 Å². The van der Waals surface area contributed by atoms with Crippen molar-refractivity contribution in [3.63, 3.8) is 0 Å². The molecule has 0 unspecified atom stereocenters. The Bertz CT molecular complexity index is 1350. The third-order valence-corrected chi connectivity index (χ3v) is 6.38. The molecule has 178 valence electrons. The van der Waals surface area contributed by atoms with E-state index >= 15 is 0 Å². The first-order valence-corrected chi connectivity index (χ1v) is 11.8. The summed E-state index contributed by atoms with van der Waals surface area (Å²) in [7, 11) is 0. The normalized spacial score (nSPS) is 14.9. The van der Waals surface area contributed by atoms with E-state index in [1.54, 1.807) is 48.5 Å². The van der Waals surface area contributed by atoms with E-state index in [4.69, 9.17) is 39.5 Å². The standard InChI is InChI=1S/C26H19Cl3N2O4/c1-2-15-3-7-18(8-4-15)31-25(33)19(24(32)30-26(31)34)11-16-6-10-23(22(29)12-16)35-14-17-5-9-20(27)21(28)13-17/h3-13H,2,14H2,1H3,(H,30,32,34)/b19-11+. The lowest BCUT2D eigenvalue weighted by Crippen LogP contribution is -2.54. The molecule has 0 bridgehead atoms. The number of anilines is 1. The molecule has 6 nitrogen and oxygen atoms in total. The quantitative estimate of drug-likeness (QED) is 0.294. The fourth-order valence-electron chi connectivity index (χ4n) is 3.45. The van der Waals surface area contributed by atoms with Gasteiger partial charge >= 0.3 is 6.03 Å². The number of benzene rings is 3. The number of carbonyl (C=O) groups is 3. The van der Waals surface area contributed by atoms with Crippen LogP contribution in [-0.2, 0) is 22.6 Å². The van der Waals surface area contributed by atoms with Crippen molar-refractivity contribution < 1.29 is 19.1 Å². The zero-order valence-corrected chi connectivity index (χ0v) is 20.7. The summed E-state index contributed by atoms with van der Waals surface area (Å²) < 4.78 is 5.76. The predicted octanol–water partition coefficient (Wildman–Crippen LogP) is 6.45. The number of rotatable bonds is 6. The van der Waals surface area contributed by atoms with Gasteiger partial charge in [0.1, 0.15) is 17.9 Å². The van der Waals surface area contributed by atoms with Crippen molar-refractivity contribution in [3.8, 4) is 5.75 Å². The maximum Gasteiger partial charge on any atom is 0.335 e. The van der Waals surface area contributed by atoms with Gasteiger partial charge in [-0.25, -0.2) is 9.69 Å². The smallest absolute Gasteiger partial charge is 0.335 e. The third kappa shape index (κ3) is 5.51. The number of ether oxygens (including phenoxy) is 1. The first kappa shape index (κ1) is 24.8. The zero-order chi connectivity index (χ0) is 25.1. The number of hydrogen-bond donors (Lipinski definition) is 1. The third-order valence-electron chi connectivity index (χ3n) is 5.35. The molecule has 1 aliphatic heterocycles. The summed E-state index contributed by atoms with van der Waals surface area (Å²) in [6.45, 7) is 2.22. The van der Waals surface area contributed by atoms with Crippen LogP contribution in [0.1, 0.15) is 23.6 Å². The van der Waals surface area contributed by atoms with Crippen LogP contribution in [0.25, 0.3) is 6.08 Å². The molecule has 0 aromatic heterocycles. The molecule has 3 aromatic rings. The summed E-state index contributed by atoms with van der Waals surface area (Å²) >= 11 is 18.3. The highest BCUT2D eigenvalue weighted by Crippen LogP contribution is 2.29. The highest BCUT2D eigenvalue weighted by atomic mass is 35.5. The number of nitrogens with zero attached hydrogens (tertiary/aromatic N) is 1. The molecule has 1 aliphatic rings. The van der Waals surface area contributed by atoms with Gasteiger partial charge in [0.25, 0.3) is 11.8 Å². The average molecular weight is 530 g/mol. The Hall–Kier alpha value is -3.32. The van der Waals surface area contributed by atoms with E-state index in [0.29, 0.717) is 27.0 Å². The molecule has 1 N–H and O–H groups in total. The average Bonchev–Trinajstić information content (AvgIpc) is 2.83. The van der Waals surface area contributed by atoms with Crippen LogP contribution in [0.3, 0.4) is 0 Å². The van der Waals surface area contributed by atoms with Crippen molar-refractivity contribution >= 4 is 64.4 Å². The number of imide groups is 2. The molecule has 3 aromatic carbocycles. The fraction of sp³-hybridized carbons (Fsp3) is 0.115. The summed E-state index contributed by atoms with van der Waals surface area (Å²) in [5.41, 5.74) is 2.53. The minimum atomic E-state index is -0.800. The number of urea groups is 1. The highest BCUT2D eigenvalue weighted by Gasteiger charge is 2.36. The molecule has 4 rings (SSSR count). The van der Waals surface area contributed by atoms with E-state index in [2.05, 4.69) is 5.32 Å². The van der Waals surface area contributed by atoms with Crippen LogP contribution in [0.15, 0.2) is 66.2 Å². The van der Waals surface area contributed by atoms with Crippen molar-refractivity contribution in [1.82, 2.24) is 5.32 Å². The Kier molecular flexibility index (Phi) is 7.45. The number of amides is 4. The molecule has 1 saturated heterocycles. The number of nitrogens with one attached hydrogen (secondary N) is 1. The van der Waals surface area contributed by atoms with Crippen molar-refractivity contribution in [2.75, 3.05) is 4.90 Å². The molecule has 0 aliphatic carbocycles. The van der Waals surface area contributed by atoms with Gasteiger partial charge in [-0.15, -0.1) is 0 Å². The number of carbonyl (C=O) groups excluding carboxylic acids is 3. The molecule has 0 spiro atoms. The lowest BCUT2D eigenvalue weighted by molar-refractivity contribution is -0.122. The SMILES string of the molecule is CCc1ccc(N2C(=O)NC(=O)/C(=C\c3ccc(OCc4ccc(Cl)c(Cl)c4)c(Cl)c3)C2=O)cc1. The Balaban J connectivity index is 1.54. The summed E-state index contributed by atoms with van der Waals surface area (Å²) in [6.07, 6.45) is 2.20. The van der Waals surface area contributed by atoms with E-state index in [9.17, 15) is 14.4 Å². The second kappa shape index (κ2) is 10.5. The monoisotopic (exact) mass is 528 g/mol. The van der Waals surface area contributed by atoms with Crippen molar-refractivity contribution in [2.45, 2.75) is 20.0 Å². The molecule has 9 heteroatoms. The van der Waals surface area contributed by atoms with Gasteiger partial charge in [-0.1, -0.05) is 66.0 Å². The maximum atomic E-state index is 13.1. The summed E-state index contributed by atoms with van der Waals surface area (Å²) in [5.74, 6) is -1.09. The largest absolute Gasteiger partial charge is 0.487 e. The van der Waals surface area contributed by atoms with E-state index in [0.717, 1.165) is 22.4 Å². The van der Waals surface area contributed by atoms with Crippen LogP contribution in [0.2, 0.25) is 15.1 Å². The van der Waals surface area contributed by atoms with Crippen LogP contribution in [0.4, 0.5) is 10.5 Å². The maximum absolute atomic E-state index is 13.1. The Labute approximate surface area is 217 Å². The predicted molar refractivity (Wildman–Crippen MR) is 137 cm³/mol. The van der Waals surface area contributed by atoms with Crippen LogP contribution < -0.4 is 15.0 Å². The van der Waals surface area contributed by atoms with Gasteiger partial charge in [0, 0.05) is 0 Å². The molecule has 1 heterocycles. The lowest BCUT2D eigenvalue weighted by atomic mass is 10.1. The molecule has 35 heavy (non-hydrogen) atoms. The summed E-state index contributed by atoms with van der Waals surface area (Å²) in [4.78, 5) is 38.8. The molecule has 0 radical (unpaired) electrons. The Morgan fingerprint density at radius 2 is 1.57 bits per heavy atom. The number of hydrogen-bond acceptors (Lipinski definition) is 4. The van der Waals surface area contributed by atoms with Gasteiger partial charge < -0.3 is 4.74 Å². The Morgan fingerprint density at radius 1 is 0.857 bits per heavy atom. The molecule has 1 fully saturated rings. The van der Waals surface area contributed by atoms with Crippen LogP contribution in [-0.4, -0.2) is 17.8 Å². The van der Waals surface area contributed by atoms with Crippen LogP contribution >= 0.6 is 34.8 Å². The van der Waals surface area contributed by atoms with Crippen LogP contribution in [0, 0.1) is 0 Å². The molecular weight excluding hydrogens is 511 g/mol. The first-order valence-electron chi connectivity index (χ1n) is 10.6. The van der Waals surface area contributed by atoms with Crippen molar-refractivity contribution in [3.05, 3.63) is 98.0 Å². The summed E-state index contributed by atoms with van der Waals surface area (Å²) in [6, 6.07) is 16.2. The topological polar surface area (TPSA) is 75.7 Å². The lowest BCUT2D eigenvalue weighted by Gasteiger charge is -2.26. The van der Waals surface area contributed by atoms with E-state index in [1.807, 2.05) is 19.1 Å². The van der Waals surface area contributed by atoms with Gasteiger partial charge in [-0.05, 0) is 65.6 Å². The van der Waals surface area contributed by atoms with Crippen molar-refractivity contribution in [2.24, 2.45) is 0 Å². The highest BCUT2D eigenvalue weighted by molar-refractivity contribution is 6.42. The molecule has 0 atom stereocenters. The van der Waals surface area contributed by atoms with Gasteiger partial charge in [0.15, 0.2) is 0 Å². The molecule has 0 saturated carbocycles. The van der Waals surface area contributed by atoms with Gasteiger partial charge in [0.05, 0.1) is 20.8 Å². The van der Waals surface area contributed by atoms with Gasteiger partial charge in [-0.2, -0.15) is 0 Å². The van der Waals surface area contributed by atoms with Crippen LogP contribution in [0.5, 0.6) is 5.75 Å². The first-order chi connectivity index (χ1) is 16.8. The number of halogens is 3. The molecular formula is C26H19Cl3N2O4. The second-order valence-electron chi connectivity index (χ2n) is 7.70. The second-order valence-corrected chi connectivity index (χ2v) is 8.93. The van der Waals surface area contributed by atoms with Gasteiger partial charge in [-0.3, -0.25) is 14.9 Å². The van der Waals surface area contributed by atoms with E-state index < -0.39 is 17.8 Å². The fourth-order valence-corrected chi connectivity index (χ4v) is 4.02. The number of barbiturate groups is 1.